The number of rotatable bonds is 5. The molecule has 2 fully saturated rings. The maximum absolute atomic E-state index is 12.9. The lowest BCUT2D eigenvalue weighted by Crippen LogP contribution is -2.45. The zero-order valence-electron chi connectivity index (χ0n) is 17.6. The van der Waals surface area contributed by atoms with Gasteiger partial charge in [-0.3, -0.25) is 9.69 Å². The second-order valence-electron chi connectivity index (χ2n) is 8.38. The minimum absolute atomic E-state index is 0.0240. The normalized spacial score (nSPS) is 22.2. The second-order valence-corrected chi connectivity index (χ2v) is 8.38. The summed E-state index contributed by atoms with van der Waals surface area (Å²) in [7, 11) is 3.36. The molecule has 1 spiro atoms. The highest BCUT2D eigenvalue weighted by atomic mass is 16.5. The van der Waals surface area contributed by atoms with E-state index in [2.05, 4.69) is 11.0 Å². The molecule has 2 aliphatic heterocycles. The van der Waals surface area contributed by atoms with E-state index in [0.29, 0.717) is 5.76 Å². The standard InChI is InChI=1S/C23H30N2O4/c1-17-8-13-29-20(17)22(26)25-12-10-23(16-25)9-5-11-24(15-23)14-18-6-4-7-19(27-2)21(18)28-3/h4,6-8,13H,5,9-12,14-16H2,1-3H3. The summed E-state index contributed by atoms with van der Waals surface area (Å²) in [6.45, 7) is 6.41. The molecule has 1 aromatic heterocycles. The van der Waals surface area contributed by atoms with Gasteiger partial charge in [0.05, 0.1) is 20.5 Å². The molecule has 4 rings (SSSR count). The molecular weight excluding hydrogens is 368 g/mol. The lowest BCUT2D eigenvalue weighted by Gasteiger charge is -2.40. The van der Waals surface area contributed by atoms with Gasteiger partial charge in [-0.25, -0.2) is 0 Å². The van der Waals surface area contributed by atoms with Crippen LogP contribution in [0, 0.1) is 12.3 Å². The highest BCUT2D eigenvalue weighted by molar-refractivity contribution is 5.93. The van der Waals surface area contributed by atoms with E-state index in [1.807, 2.05) is 30.0 Å². The minimum atomic E-state index is 0.0240. The van der Waals surface area contributed by atoms with Gasteiger partial charge >= 0.3 is 0 Å². The molecule has 6 nitrogen and oxygen atoms in total. The van der Waals surface area contributed by atoms with E-state index in [1.165, 1.54) is 6.42 Å². The number of aryl methyl sites for hydroxylation is 1. The SMILES string of the molecule is COc1cccc(CN2CCCC3(CCN(C(=O)c4occc4C)C3)C2)c1OC. The van der Waals surface area contributed by atoms with Crippen molar-refractivity contribution in [1.29, 1.82) is 0 Å². The Hall–Kier alpha value is -2.47. The van der Waals surface area contributed by atoms with Crippen molar-refractivity contribution in [3.8, 4) is 11.5 Å². The van der Waals surface area contributed by atoms with Gasteiger partial charge in [0.2, 0.25) is 0 Å². The van der Waals surface area contributed by atoms with Crippen LogP contribution in [0.4, 0.5) is 0 Å². The summed E-state index contributed by atoms with van der Waals surface area (Å²) in [5.74, 6) is 2.08. The molecule has 29 heavy (non-hydrogen) atoms. The summed E-state index contributed by atoms with van der Waals surface area (Å²) in [5.41, 5.74) is 2.22. The first-order chi connectivity index (χ1) is 14.0. The van der Waals surface area contributed by atoms with Crippen molar-refractivity contribution in [3.63, 3.8) is 0 Å². The zero-order chi connectivity index (χ0) is 20.4. The summed E-state index contributed by atoms with van der Waals surface area (Å²) >= 11 is 0. The van der Waals surface area contributed by atoms with E-state index in [-0.39, 0.29) is 11.3 Å². The highest BCUT2D eigenvalue weighted by Gasteiger charge is 2.43. The van der Waals surface area contributed by atoms with Crippen LogP contribution >= 0.6 is 0 Å². The predicted octanol–water partition coefficient (Wildman–Crippen LogP) is 3.73. The van der Waals surface area contributed by atoms with Crippen LogP contribution < -0.4 is 9.47 Å². The van der Waals surface area contributed by atoms with E-state index in [0.717, 1.165) is 68.2 Å². The van der Waals surface area contributed by atoms with Crippen molar-refractivity contribution in [1.82, 2.24) is 9.80 Å². The third-order valence-corrected chi connectivity index (χ3v) is 6.40. The largest absolute Gasteiger partial charge is 0.493 e. The van der Waals surface area contributed by atoms with Gasteiger partial charge in [0.15, 0.2) is 17.3 Å². The third kappa shape index (κ3) is 3.86. The van der Waals surface area contributed by atoms with Crippen LogP contribution in [0.1, 0.15) is 40.9 Å². The zero-order valence-corrected chi connectivity index (χ0v) is 17.6. The van der Waals surface area contributed by atoms with E-state index < -0.39 is 0 Å². The van der Waals surface area contributed by atoms with Gasteiger partial charge in [-0.15, -0.1) is 0 Å². The Labute approximate surface area is 172 Å². The molecule has 2 aliphatic rings. The Morgan fingerprint density at radius 1 is 1.14 bits per heavy atom. The first-order valence-corrected chi connectivity index (χ1v) is 10.3. The summed E-state index contributed by atoms with van der Waals surface area (Å²) < 4.78 is 16.5. The number of amides is 1. The first kappa shape index (κ1) is 19.8. The number of ether oxygens (including phenoxy) is 2. The second kappa shape index (κ2) is 8.11. The fourth-order valence-corrected chi connectivity index (χ4v) is 4.94. The Kier molecular flexibility index (Phi) is 5.54. The topological polar surface area (TPSA) is 55.2 Å². The van der Waals surface area contributed by atoms with Gasteiger partial charge in [-0.05, 0) is 44.9 Å². The summed E-state index contributed by atoms with van der Waals surface area (Å²) in [6.07, 6.45) is 4.95. The van der Waals surface area contributed by atoms with Gasteiger partial charge in [-0.2, -0.15) is 0 Å². The van der Waals surface area contributed by atoms with Crippen LogP contribution in [-0.2, 0) is 6.54 Å². The average Bonchev–Trinajstić information content (AvgIpc) is 3.34. The van der Waals surface area contributed by atoms with Crippen molar-refractivity contribution < 1.29 is 18.7 Å². The van der Waals surface area contributed by atoms with Crippen LogP contribution in [-0.4, -0.2) is 56.1 Å². The van der Waals surface area contributed by atoms with E-state index in [1.54, 1.807) is 20.5 Å². The fourth-order valence-electron chi connectivity index (χ4n) is 4.94. The van der Waals surface area contributed by atoms with Crippen molar-refractivity contribution in [3.05, 3.63) is 47.4 Å². The minimum Gasteiger partial charge on any atom is -0.493 e. The molecule has 0 radical (unpaired) electrons. The van der Waals surface area contributed by atoms with Crippen molar-refractivity contribution in [2.24, 2.45) is 5.41 Å². The summed E-state index contributed by atoms with van der Waals surface area (Å²) in [6, 6.07) is 7.89. The Balaban J connectivity index is 1.45. The number of hydrogen-bond donors (Lipinski definition) is 0. The Morgan fingerprint density at radius 3 is 2.72 bits per heavy atom. The van der Waals surface area contributed by atoms with E-state index in [9.17, 15) is 4.79 Å². The van der Waals surface area contributed by atoms with Gasteiger partial charge in [-0.1, -0.05) is 12.1 Å². The van der Waals surface area contributed by atoms with Gasteiger partial charge < -0.3 is 18.8 Å². The molecule has 2 aromatic rings. The molecule has 3 heterocycles. The van der Waals surface area contributed by atoms with E-state index >= 15 is 0 Å². The van der Waals surface area contributed by atoms with Crippen molar-refractivity contribution in [2.75, 3.05) is 40.4 Å². The van der Waals surface area contributed by atoms with Crippen LogP contribution in [0.15, 0.2) is 34.9 Å². The van der Waals surface area contributed by atoms with Crippen molar-refractivity contribution >= 4 is 5.91 Å². The number of likely N-dealkylation sites (tertiary alicyclic amines) is 2. The van der Waals surface area contributed by atoms with Crippen LogP contribution in [0.2, 0.25) is 0 Å². The lowest BCUT2D eigenvalue weighted by atomic mass is 9.79. The quantitative estimate of drug-likeness (QED) is 0.768. The van der Waals surface area contributed by atoms with Crippen molar-refractivity contribution in [2.45, 2.75) is 32.7 Å². The summed E-state index contributed by atoms with van der Waals surface area (Å²) in [5, 5.41) is 0. The van der Waals surface area contributed by atoms with Crippen LogP contribution in [0.3, 0.4) is 0 Å². The molecule has 1 unspecified atom stereocenters. The molecule has 0 bridgehead atoms. The fraction of sp³-hybridized carbons (Fsp3) is 0.522. The molecule has 1 atom stereocenters. The predicted molar refractivity (Wildman–Crippen MR) is 110 cm³/mol. The molecule has 2 saturated heterocycles. The number of nitrogens with zero attached hydrogens (tertiary/aromatic N) is 2. The summed E-state index contributed by atoms with van der Waals surface area (Å²) in [4.78, 5) is 17.3. The number of methoxy groups -OCH3 is 2. The number of para-hydroxylation sites is 1. The van der Waals surface area contributed by atoms with Gasteiger partial charge in [0.25, 0.3) is 5.91 Å². The molecule has 1 amide bonds. The molecule has 1 aromatic carbocycles. The highest BCUT2D eigenvalue weighted by Crippen LogP contribution is 2.41. The number of furan rings is 1. The number of piperidine rings is 1. The lowest BCUT2D eigenvalue weighted by molar-refractivity contribution is 0.0649. The number of carbonyl (C=O) groups is 1. The Bertz CT molecular complexity index is 878. The maximum atomic E-state index is 12.9. The first-order valence-electron chi connectivity index (χ1n) is 10.3. The van der Waals surface area contributed by atoms with Gasteiger partial charge in [0.1, 0.15) is 0 Å². The molecule has 6 heteroatoms. The molecule has 0 N–H and O–H groups in total. The van der Waals surface area contributed by atoms with Crippen LogP contribution in [0.5, 0.6) is 11.5 Å². The maximum Gasteiger partial charge on any atom is 0.289 e. The smallest absolute Gasteiger partial charge is 0.289 e. The average molecular weight is 399 g/mol. The Morgan fingerprint density at radius 2 is 2.00 bits per heavy atom. The number of benzene rings is 1. The molecule has 0 saturated carbocycles. The molecular formula is C23H30N2O4. The number of carbonyl (C=O) groups excluding carboxylic acids is 1. The third-order valence-electron chi connectivity index (χ3n) is 6.40. The van der Waals surface area contributed by atoms with Gasteiger partial charge in [0, 0.05) is 42.7 Å². The van der Waals surface area contributed by atoms with Crippen LogP contribution in [0.25, 0.3) is 0 Å². The molecule has 156 valence electrons. The number of hydrogen-bond acceptors (Lipinski definition) is 5. The van der Waals surface area contributed by atoms with E-state index in [4.69, 9.17) is 13.9 Å². The monoisotopic (exact) mass is 398 g/mol. The molecule has 0 aliphatic carbocycles.